The van der Waals surface area contributed by atoms with E-state index in [9.17, 15) is 4.39 Å². The van der Waals surface area contributed by atoms with E-state index in [1.54, 1.807) is 19.2 Å². The molecular formula is C11H12FN3. The molecule has 1 aliphatic heterocycles. The molecule has 1 saturated heterocycles. The highest BCUT2D eigenvalue weighted by Gasteiger charge is 2.33. The number of rotatable bonds is 1. The summed E-state index contributed by atoms with van der Waals surface area (Å²) in [6, 6.07) is 5.43. The molecule has 0 N–H and O–H groups in total. The highest BCUT2D eigenvalue weighted by Crippen LogP contribution is 2.28. The molecule has 2 heterocycles. The second kappa shape index (κ2) is 3.50. The van der Waals surface area contributed by atoms with Crippen molar-refractivity contribution in [1.82, 2.24) is 4.98 Å². The highest BCUT2D eigenvalue weighted by atomic mass is 19.1. The molecule has 1 aromatic heterocycles. The molecule has 2 rings (SSSR count). The van der Waals surface area contributed by atoms with E-state index in [1.165, 1.54) is 0 Å². The fourth-order valence-electron chi connectivity index (χ4n) is 1.78. The van der Waals surface area contributed by atoms with Gasteiger partial charge < -0.3 is 4.90 Å². The van der Waals surface area contributed by atoms with Crippen molar-refractivity contribution in [2.24, 2.45) is 0 Å². The second-order valence-corrected chi connectivity index (χ2v) is 4.10. The van der Waals surface area contributed by atoms with Crippen LogP contribution in [-0.2, 0) is 0 Å². The number of aromatic nitrogens is 1. The van der Waals surface area contributed by atoms with Crippen molar-refractivity contribution in [2.45, 2.75) is 19.0 Å². The summed E-state index contributed by atoms with van der Waals surface area (Å²) in [7, 11) is 0. The van der Waals surface area contributed by atoms with E-state index in [-0.39, 0.29) is 0 Å². The number of pyridine rings is 1. The summed E-state index contributed by atoms with van der Waals surface area (Å²) in [6.45, 7) is 2.73. The average Bonchev–Trinajstić information content (AvgIpc) is 2.59. The van der Waals surface area contributed by atoms with Gasteiger partial charge in [0.1, 0.15) is 17.4 Å². The number of anilines is 1. The number of halogens is 1. The van der Waals surface area contributed by atoms with Crippen LogP contribution in [0.2, 0.25) is 0 Å². The van der Waals surface area contributed by atoms with E-state index in [2.05, 4.69) is 4.98 Å². The minimum absolute atomic E-state index is 0.390. The third-order valence-electron chi connectivity index (χ3n) is 2.65. The van der Waals surface area contributed by atoms with Crippen LogP contribution in [-0.4, -0.2) is 23.7 Å². The average molecular weight is 205 g/mol. The lowest BCUT2D eigenvalue weighted by molar-refractivity contribution is 0.221. The van der Waals surface area contributed by atoms with Gasteiger partial charge in [-0.3, -0.25) is 0 Å². The monoisotopic (exact) mass is 205 g/mol. The summed E-state index contributed by atoms with van der Waals surface area (Å²) in [5, 5.41) is 8.59. The molecule has 0 aromatic carbocycles. The van der Waals surface area contributed by atoms with Crippen molar-refractivity contribution in [3.8, 4) is 6.07 Å². The smallest absolute Gasteiger partial charge is 0.140 e. The first-order valence-electron chi connectivity index (χ1n) is 4.91. The van der Waals surface area contributed by atoms with Crippen LogP contribution in [0.15, 0.2) is 18.3 Å². The van der Waals surface area contributed by atoms with E-state index in [1.807, 2.05) is 17.0 Å². The van der Waals surface area contributed by atoms with Gasteiger partial charge in [0.2, 0.25) is 0 Å². The normalized spacial score (nSPS) is 25.3. The topological polar surface area (TPSA) is 39.9 Å². The van der Waals surface area contributed by atoms with Crippen molar-refractivity contribution < 1.29 is 4.39 Å². The fourth-order valence-corrected chi connectivity index (χ4v) is 1.78. The van der Waals surface area contributed by atoms with Gasteiger partial charge in [0.25, 0.3) is 0 Å². The fraction of sp³-hybridized carbons (Fsp3) is 0.455. The molecule has 0 spiro atoms. The Morgan fingerprint density at radius 1 is 1.60 bits per heavy atom. The Morgan fingerprint density at radius 3 is 2.87 bits per heavy atom. The van der Waals surface area contributed by atoms with Gasteiger partial charge in [-0.2, -0.15) is 5.26 Å². The second-order valence-electron chi connectivity index (χ2n) is 4.10. The zero-order valence-corrected chi connectivity index (χ0v) is 8.57. The molecule has 4 heteroatoms. The van der Waals surface area contributed by atoms with E-state index < -0.39 is 5.67 Å². The third kappa shape index (κ3) is 2.07. The van der Waals surface area contributed by atoms with Crippen LogP contribution in [0.3, 0.4) is 0 Å². The summed E-state index contributed by atoms with van der Waals surface area (Å²) < 4.78 is 13.6. The molecule has 0 saturated carbocycles. The molecule has 0 radical (unpaired) electrons. The van der Waals surface area contributed by atoms with Crippen LogP contribution in [0.1, 0.15) is 19.0 Å². The van der Waals surface area contributed by atoms with Crippen LogP contribution in [0.4, 0.5) is 10.1 Å². The van der Waals surface area contributed by atoms with E-state index in [0.717, 1.165) is 5.69 Å². The predicted molar refractivity (Wildman–Crippen MR) is 55.3 cm³/mol. The Balaban J connectivity index is 2.15. The maximum Gasteiger partial charge on any atom is 0.140 e. The number of alkyl halides is 1. The molecule has 0 amide bonds. The Morgan fingerprint density at radius 2 is 2.40 bits per heavy atom. The predicted octanol–water partition coefficient (Wildman–Crippen LogP) is 1.89. The standard InChI is InChI=1S/C11H12FN3/c1-11(12)4-5-15(8-11)10-3-2-9(6-13)14-7-10/h2-3,7H,4-5,8H2,1H3/t11-/m0/s1. The summed E-state index contributed by atoms with van der Waals surface area (Å²) in [4.78, 5) is 5.92. The summed E-state index contributed by atoms with van der Waals surface area (Å²) >= 11 is 0. The van der Waals surface area contributed by atoms with Gasteiger partial charge in [-0.1, -0.05) is 0 Å². The van der Waals surface area contributed by atoms with Crippen LogP contribution in [0.25, 0.3) is 0 Å². The zero-order valence-electron chi connectivity index (χ0n) is 8.57. The number of hydrogen-bond acceptors (Lipinski definition) is 3. The molecule has 1 fully saturated rings. The summed E-state index contributed by atoms with van der Waals surface area (Å²) in [5.41, 5.74) is 0.171. The molecule has 15 heavy (non-hydrogen) atoms. The molecule has 78 valence electrons. The minimum atomic E-state index is -1.10. The molecule has 3 nitrogen and oxygen atoms in total. The number of nitrogens with zero attached hydrogens (tertiary/aromatic N) is 3. The largest absolute Gasteiger partial charge is 0.367 e. The molecule has 0 aliphatic carbocycles. The SMILES string of the molecule is C[C@]1(F)CCN(c2ccc(C#N)nc2)C1. The number of hydrogen-bond donors (Lipinski definition) is 0. The van der Waals surface area contributed by atoms with Gasteiger partial charge in [-0.15, -0.1) is 0 Å². The van der Waals surface area contributed by atoms with Crippen molar-refractivity contribution in [3.05, 3.63) is 24.0 Å². The lowest BCUT2D eigenvalue weighted by Gasteiger charge is -2.18. The Labute approximate surface area is 88.2 Å². The molecule has 1 aliphatic rings. The van der Waals surface area contributed by atoms with E-state index in [4.69, 9.17) is 5.26 Å². The van der Waals surface area contributed by atoms with Gasteiger partial charge in [0.15, 0.2) is 0 Å². The van der Waals surface area contributed by atoms with Crippen molar-refractivity contribution >= 4 is 5.69 Å². The molecule has 0 bridgehead atoms. The lowest BCUT2D eigenvalue weighted by Crippen LogP contribution is -2.25. The lowest BCUT2D eigenvalue weighted by atomic mass is 10.1. The van der Waals surface area contributed by atoms with Crippen LogP contribution >= 0.6 is 0 Å². The van der Waals surface area contributed by atoms with Gasteiger partial charge in [0, 0.05) is 13.0 Å². The van der Waals surface area contributed by atoms with Crippen LogP contribution < -0.4 is 4.90 Å². The van der Waals surface area contributed by atoms with Gasteiger partial charge in [0.05, 0.1) is 18.4 Å². The quantitative estimate of drug-likeness (QED) is 0.702. The molecule has 1 aromatic rings. The Bertz CT molecular complexity index is 391. The van der Waals surface area contributed by atoms with Crippen molar-refractivity contribution in [2.75, 3.05) is 18.0 Å². The van der Waals surface area contributed by atoms with Gasteiger partial charge in [-0.05, 0) is 19.1 Å². The zero-order chi connectivity index (χ0) is 10.9. The maximum absolute atomic E-state index is 13.6. The van der Waals surface area contributed by atoms with Crippen LogP contribution in [0.5, 0.6) is 0 Å². The van der Waals surface area contributed by atoms with Crippen molar-refractivity contribution in [3.63, 3.8) is 0 Å². The van der Waals surface area contributed by atoms with Gasteiger partial charge in [-0.25, -0.2) is 9.37 Å². The van der Waals surface area contributed by atoms with E-state index in [0.29, 0.717) is 25.2 Å². The molecular weight excluding hydrogens is 193 g/mol. The first-order chi connectivity index (χ1) is 7.11. The Hall–Kier alpha value is -1.63. The first kappa shape index (κ1) is 9.91. The highest BCUT2D eigenvalue weighted by molar-refractivity contribution is 5.47. The van der Waals surface area contributed by atoms with Gasteiger partial charge >= 0.3 is 0 Å². The van der Waals surface area contributed by atoms with E-state index >= 15 is 0 Å². The minimum Gasteiger partial charge on any atom is -0.367 e. The summed E-state index contributed by atoms with van der Waals surface area (Å²) in [5.74, 6) is 0. The van der Waals surface area contributed by atoms with Crippen molar-refractivity contribution in [1.29, 1.82) is 5.26 Å². The third-order valence-corrected chi connectivity index (χ3v) is 2.65. The van der Waals surface area contributed by atoms with Crippen LogP contribution in [0, 0.1) is 11.3 Å². The molecule has 0 unspecified atom stereocenters. The summed E-state index contributed by atoms with van der Waals surface area (Å²) in [6.07, 6.45) is 2.17. The Kier molecular flexibility index (Phi) is 2.31. The molecule has 1 atom stereocenters. The number of nitriles is 1. The maximum atomic E-state index is 13.6. The first-order valence-corrected chi connectivity index (χ1v) is 4.91.